The van der Waals surface area contributed by atoms with Gasteiger partial charge in [0.25, 0.3) is 5.91 Å². The van der Waals surface area contributed by atoms with Gasteiger partial charge in [-0.1, -0.05) is 18.2 Å². The molecule has 7 nitrogen and oxygen atoms in total. The third kappa shape index (κ3) is 4.51. The van der Waals surface area contributed by atoms with Crippen molar-refractivity contribution in [2.24, 2.45) is 5.92 Å². The number of piperidine rings is 1. The number of anilines is 1. The molecule has 0 bridgehead atoms. The van der Waals surface area contributed by atoms with Crippen molar-refractivity contribution in [1.82, 2.24) is 15.2 Å². The van der Waals surface area contributed by atoms with E-state index >= 15 is 0 Å². The molecule has 154 valence electrons. The molecule has 30 heavy (non-hydrogen) atoms. The van der Waals surface area contributed by atoms with Crippen molar-refractivity contribution in [1.29, 1.82) is 0 Å². The van der Waals surface area contributed by atoms with Gasteiger partial charge in [-0.25, -0.2) is 0 Å². The molecule has 2 aromatic carbocycles. The Morgan fingerprint density at radius 2 is 1.90 bits per heavy atom. The summed E-state index contributed by atoms with van der Waals surface area (Å²) in [5, 5.41) is 6.65. The number of nitrogens with one attached hydrogen (secondary N) is 3. The van der Waals surface area contributed by atoms with Gasteiger partial charge in [0.05, 0.1) is 12.5 Å². The molecule has 0 radical (unpaired) electrons. The Kier molecular flexibility index (Phi) is 5.79. The molecule has 1 aromatic heterocycles. The molecule has 1 aliphatic heterocycles. The summed E-state index contributed by atoms with van der Waals surface area (Å²) in [4.78, 5) is 42.2. The van der Waals surface area contributed by atoms with Crippen LogP contribution in [0.1, 0.15) is 23.2 Å². The van der Waals surface area contributed by atoms with E-state index in [1.54, 1.807) is 29.2 Å². The summed E-state index contributed by atoms with van der Waals surface area (Å²) in [5.74, 6) is -0.814. The Morgan fingerprint density at radius 1 is 1.07 bits per heavy atom. The van der Waals surface area contributed by atoms with Crippen LogP contribution in [0.3, 0.4) is 0 Å². The molecular formula is C23H24N4O3. The minimum absolute atomic E-state index is 0.0772. The van der Waals surface area contributed by atoms with Crippen molar-refractivity contribution < 1.29 is 14.4 Å². The van der Waals surface area contributed by atoms with Gasteiger partial charge in [-0.3, -0.25) is 14.4 Å². The highest BCUT2D eigenvalue weighted by atomic mass is 16.2. The Bertz CT molecular complexity index is 1060. The van der Waals surface area contributed by atoms with Gasteiger partial charge < -0.3 is 20.5 Å². The first-order valence-electron chi connectivity index (χ1n) is 10.1. The molecule has 1 fully saturated rings. The molecule has 0 spiro atoms. The second-order valence-electron chi connectivity index (χ2n) is 7.50. The number of likely N-dealkylation sites (tertiary alicyclic amines) is 1. The summed E-state index contributed by atoms with van der Waals surface area (Å²) in [7, 11) is 0. The van der Waals surface area contributed by atoms with Crippen LogP contribution in [0.25, 0.3) is 10.9 Å². The number of nitrogens with zero attached hydrogens (tertiary/aromatic N) is 1. The van der Waals surface area contributed by atoms with Crippen molar-refractivity contribution in [2.45, 2.75) is 12.8 Å². The van der Waals surface area contributed by atoms with Crippen LogP contribution >= 0.6 is 0 Å². The van der Waals surface area contributed by atoms with Gasteiger partial charge >= 0.3 is 0 Å². The van der Waals surface area contributed by atoms with Gasteiger partial charge in [-0.05, 0) is 49.2 Å². The predicted molar refractivity (Wildman–Crippen MR) is 115 cm³/mol. The average Bonchev–Trinajstić information content (AvgIpc) is 3.26. The number of hydrogen-bond acceptors (Lipinski definition) is 3. The lowest BCUT2D eigenvalue weighted by molar-refractivity contribution is -0.133. The quantitative estimate of drug-likeness (QED) is 0.610. The van der Waals surface area contributed by atoms with Gasteiger partial charge in [0.1, 0.15) is 0 Å². The Balaban J connectivity index is 1.31. The SMILES string of the molecule is O=C(NCC(=O)N1CCC[C@H](C(=O)Nc2ccc3[nH]ccc3c2)C1)c1ccccc1. The summed E-state index contributed by atoms with van der Waals surface area (Å²) < 4.78 is 0. The number of hydrogen-bond donors (Lipinski definition) is 3. The first-order valence-corrected chi connectivity index (χ1v) is 10.1. The topological polar surface area (TPSA) is 94.3 Å². The number of H-pyrrole nitrogens is 1. The minimum atomic E-state index is -0.282. The Labute approximate surface area is 174 Å². The van der Waals surface area contributed by atoms with E-state index in [1.807, 2.05) is 36.5 Å². The van der Waals surface area contributed by atoms with Crippen LogP contribution in [0.2, 0.25) is 0 Å². The van der Waals surface area contributed by atoms with Crippen LogP contribution in [0, 0.1) is 5.92 Å². The summed E-state index contributed by atoms with van der Waals surface area (Å²) in [6.45, 7) is 0.879. The van der Waals surface area contributed by atoms with E-state index in [0.717, 1.165) is 29.4 Å². The number of carbonyl (C=O) groups excluding carboxylic acids is 3. The lowest BCUT2D eigenvalue weighted by Crippen LogP contribution is -2.47. The van der Waals surface area contributed by atoms with Crippen LogP contribution < -0.4 is 10.6 Å². The fraction of sp³-hybridized carbons (Fsp3) is 0.261. The molecule has 0 saturated carbocycles. The number of rotatable bonds is 5. The smallest absolute Gasteiger partial charge is 0.251 e. The highest BCUT2D eigenvalue weighted by Gasteiger charge is 2.28. The minimum Gasteiger partial charge on any atom is -0.361 e. The first-order chi connectivity index (χ1) is 14.6. The van der Waals surface area contributed by atoms with Crippen molar-refractivity contribution in [3.05, 3.63) is 66.4 Å². The standard InChI is InChI=1S/C23H24N4O3/c28-21(14-25-22(29)16-5-2-1-3-6-16)27-12-4-7-18(15-27)23(30)26-19-8-9-20-17(13-19)10-11-24-20/h1-3,5-6,8-11,13,18,24H,4,7,12,14-15H2,(H,25,29)(H,26,30)/t18-/m0/s1. The Hall–Kier alpha value is -3.61. The average molecular weight is 404 g/mol. The van der Waals surface area contributed by atoms with Crippen molar-refractivity contribution in [3.63, 3.8) is 0 Å². The van der Waals surface area contributed by atoms with Gasteiger partial charge in [0.2, 0.25) is 11.8 Å². The molecule has 3 aromatic rings. The van der Waals surface area contributed by atoms with Crippen LogP contribution in [0.4, 0.5) is 5.69 Å². The molecule has 7 heteroatoms. The van der Waals surface area contributed by atoms with E-state index in [2.05, 4.69) is 15.6 Å². The normalized spacial score (nSPS) is 16.3. The number of aromatic amines is 1. The van der Waals surface area contributed by atoms with Crippen LogP contribution in [0.5, 0.6) is 0 Å². The number of fused-ring (bicyclic) bond motifs is 1. The van der Waals surface area contributed by atoms with Crippen molar-refractivity contribution in [2.75, 3.05) is 25.0 Å². The molecule has 4 rings (SSSR count). The molecule has 0 aliphatic carbocycles. The first kappa shape index (κ1) is 19.7. The van der Waals surface area contributed by atoms with Gasteiger partial charge in [-0.15, -0.1) is 0 Å². The number of carbonyl (C=O) groups is 3. The fourth-order valence-corrected chi connectivity index (χ4v) is 3.75. The maximum atomic E-state index is 12.7. The second kappa shape index (κ2) is 8.82. The van der Waals surface area contributed by atoms with E-state index in [4.69, 9.17) is 0 Å². The predicted octanol–water partition coefficient (Wildman–Crippen LogP) is 2.78. The molecule has 1 aliphatic rings. The molecule has 0 unspecified atom stereocenters. The van der Waals surface area contributed by atoms with Crippen LogP contribution in [-0.2, 0) is 9.59 Å². The molecule has 1 atom stereocenters. The zero-order valence-electron chi connectivity index (χ0n) is 16.6. The monoisotopic (exact) mass is 404 g/mol. The second-order valence-corrected chi connectivity index (χ2v) is 7.50. The lowest BCUT2D eigenvalue weighted by Gasteiger charge is -2.32. The van der Waals surface area contributed by atoms with E-state index in [0.29, 0.717) is 18.7 Å². The molecular weight excluding hydrogens is 380 g/mol. The van der Waals surface area contributed by atoms with E-state index in [9.17, 15) is 14.4 Å². The van der Waals surface area contributed by atoms with E-state index < -0.39 is 0 Å². The third-order valence-corrected chi connectivity index (χ3v) is 5.40. The molecule has 3 N–H and O–H groups in total. The van der Waals surface area contributed by atoms with Gasteiger partial charge in [0, 0.05) is 41.4 Å². The van der Waals surface area contributed by atoms with Gasteiger partial charge in [0.15, 0.2) is 0 Å². The summed E-state index contributed by atoms with van der Waals surface area (Å²) in [6.07, 6.45) is 3.35. The number of aromatic nitrogens is 1. The molecule has 3 amide bonds. The molecule has 2 heterocycles. The highest BCUT2D eigenvalue weighted by molar-refractivity contribution is 5.97. The third-order valence-electron chi connectivity index (χ3n) is 5.40. The summed E-state index contributed by atoms with van der Waals surface area (Å²) >= 11 is 0. The number of amides is 3. The van der Waals surface area contributed by atoms with E-state index in [-0.39, 0.29) is 30.2 Å². The largest absolute Gasteiger partial charge is 0.361 e. The molecule has 1 saturated heterocycles. The zero-order chi connectivity index (χ0) is 20.9. The van der Waals surface area contributed by atoms with E-state index in [1.165, 1.54) is 0 Å². The number of benzene rings is 2. The van der Waals surface area contributed by atoms with Crippen LogP contribution in [-0.4, -0.2) is 47.2 Å². The Morgan fingerprint density at radius 3 is 2.73 bits per heavy atom. The summed E-state index contributed by atoms with van der Waals surface area (Å²) in [5.41, 5.74) is 2.27. The van der Waals surface area contributed by atoms with Gasteiger partial charge in [-0.2, -0.15) is 0 Å². The summed E-state index contributed by atoms with van der Waals surface area (Å²) in [6, 6.07) is 16.5. The fourth-order valence-electron chi connectivity index (χ4n) is 3.75. The maximum absolute atomic E-state index is 12.7. The lowest BCUT2D eigenvalue weighted by atomic mass is 9.97. The highest BCUT2D eigenvalue weighted by Crippen LogP contribution is 2.21. The van der Waals surface area contributed by atoms with Crippen LogP contribution in [0.15, 0.2) is 60.8 Å². The van der Waals surface area contributed by atoms with Crippen molar-refractivity contribution in [3.8, 4) is 0 Å². The maximum Gasteiger partial charge on any atom is 0.251 e. The van der Waals surface area contributed by atoms with Crippen molar-refractivity contribution >= 4 is 34.3 Å². The zero-order valence-corrected chi connectivity index (χ0v) is 16.6.